The summed E-state index contributed by atoms with van der Waals surface area (Å²) < 4.78 is 3.76. The van der Waals surface area contributed by atoms with E-state index in [0.29, 0.717) is 17.9 Å². The average molecular weight is 423 g/mol. The fraction of sp³-hybridized carbons (Fsp3) is 0.364. The van der Waals surface area contributed by atoms with Crippen molar-refractivity contribution in [2.75, 3.05) is 13.1 Å². The van der Waals surface area contributed by atoms with Gasteiger partial charge in [-0.05, 0) is 31.0 Å². The van der Waals surface area contributed by atoms with E-state index in [1.807, 2.05) is 52.0 Å². The van der Waals surface area contributed by atoms with Crippen molar-refractivity contribution < 1.29 is 4.79 Å². The van der Waals surface area contributed by atoms with Crippen molar-refractivity contribution in [3.05, 3.63) is 53.6 Å². The smallest absolute Gasteiger partial charge is 0.223 e. The van der Waals surface area contributed by atoms with Crippen LogP contribution >= 0.6 is 11.6 Å². The van der Waals surface area contributed by atoms with Gasteiger partial charge >= 0.3 is 0 Å². The first-order valence-corrected chi connectivity index (χ1v) is 10.8. The molecule has 0 radical (unpaired) electrons. The fourth-order valence-corrected chi connectivity index (χ4v) is 4.21. The molecule has 1 aromatic carbocycles. The standard InChI is InChI=1S/C22H23ClN6O/c23-17-7-5-16(6-8-17)18-15-19-22-25-24-20(28(22)13-14-29(19)26-18)9-10-21(30)27-11-3-1-2-4-12-27/h5-8,13-15H,1-4,9-12H2. The summed E-state index contributed by atoms with van der Waals surface area (Å²) in [5, 5.41) is 14.1. The quantitative estimate of drug-likeness (QED) is 0.498. The molecule has 1 aliphatic rings. The monoisotopic (exact) mass is 422 g/mol. The first-order valence-electron chi connectivity index (χ1n) is 10.4. The molecule has 0 saturated carbocycles. The van der Waals surface area contributed by atoms with Crippen LogP contribution in [0, 0.1) is 0 Å². The largest absolute Gasteiger partial charge is 0.343 e. The third kappa shape index (κ3) is 3.65. The van der Waals surface area contributed by atoms with Crippen molar-refractivity contribution in [3.8, 4) is 11.3 Å². The summed E-state index contributed by atoms with van der Waals surface area (Å²) in [7, 11) is 0. The van der Waals surface area contributed by atoms with Gasteiger partial charge in [-0.1, -0.05) is 36.6 Å². The predicted molar refractivity (Wildman–Crippen MR) is 116 cm³/mol. The van der Waals surface area contributed by atoms with Gasteiger partial charge in [0.15, 0.2) is 5.65 Å². The normalized spacial score (nSPS) is 15.0. The van der Waals surface area contributed by atoms with E-state index in [-0.39, 0.29) is 5.91 Å². The Balaban J connectivity index is 1.38. The van der Waals surface area contributed by atoms with Crippen LogP contribution < -0.4 is 0 Å². The highest BCUT2D eigenvalue weighted by Gasteiger charge is 2.17. The summed E-state index contributed by atoms with van der Waals surface area (Å²) in [4.78, 5) is 14.6. The van der Waals surface area contributed by atoms with Gasteiger partial charge in [0, 0.05) is 48.9 Å². The van der Waals surface area contributed by atoms with Gasteiger partial charge in [-0.2, -0.15) is 5.10 Å². The lowest BCUT2D eigenvalue weighted by atomic mass is 10.1. The highest BCUT2D eigenvalue weighted by molar-refractivity contribution is 6.30. The number of hydrogen-bond acceptors (Lipinski definition) is 4. The number of hydrogen-bond donors (Lipinski definition) is 0. The summed E-state index contributed by atoms with van der Waals surface area (Å²) in [6.07, 6.45) is 9.49. The highest BCUT2D eigenvalue weighted by atomic mass is 35.5. The number of nitrogens with zero attached hydrogens (tertiary/aromatic N) is 6. The third-order valence-electron chi connectivity index (χ3n) is 5.75. The predicted octanol–water partition coefficient (Wildman–Crippen LogP) is 4.03. The number of fused-ring (bicyclic) bond motifs is 3. The fourth-order valence-electron chi connectivity index (χ4n) is 4.09. The van der Waals surface area contributed by atoms with Crippen LogP contribution in [-0.2, 0) is 11.2 Å². The van der Waals surface area contributed by atoms with Gasteiger partial charge in [0.05, 0.1) is 5.69 Å². The van der Waals surface area contributed by atoms with Crippen LogP contribution in [0.25, 0.3) is 22.4 Å². The number of halogens is 1. The molecule has 5 rings (SSSR count). The van der Waals surface area contributed by atoms with E-state index in [1.54, 1.807) is 4.52 Å². The minimum atomic E-state index is 0.212. The molecule has 0 bridgehead atoms. The van der Waals surface area contributed by atoms with Crippen molar-refractivity contribution in [2.45, 2.75) is 38.5 Å². The van der Waals surface area contributed by atoms with Crippen molar-refractivity contribution in [1.82, 2.24) is 29.1 Å². The maximum atomic E-state index is 12.6. The Bertz CT molecular complexity index is 1190. The van der Waals surface area contributed by atoms with E-state index in [1.165, 1.54) is 12.8 Å². The SMILES string of the molecule is O=C(CCc1nnc2c3cc(-c4ccc(Cl)cc4)nn3ccn12)N1CCCCCC1. The molecule has 0 unspecified atom stereocenters. The lowest BCUT2D eigenvalue weighted by molar-refractivity contribution is -0.131. The molecule has 0 N–H and O–H groups in total. The molecule has 1 aliphatic heterocycles. The first kappa shape index (κ1) is 19.1. The molecule has 1 saturated heterocycles. The molecule has 0 atom stereocenters. The molecule has 4 heterocycles. The number of carbonyl (C=O) groups excluding carboxylic acids is 1. The Kier molecular flexibility index (Phi) is 5.12. The number of likely N-dealkylation sites (tertiary alicyclic amines) is 1. The summed E-state index contributed by atoms with van der Waals surface area (Å²) >= 11 is 5.99. The second-order valence-corrected chi connectivity index (χ2v) is 8.21. The molecular weight excluding hydrogens is 400 g/mol. The Labute approximate surface area is 179 Å². The van der Waals surface area contributed by atoms with E-state index in [2.05, 4.69) is 15.3 Å². The number of aryl methyl sites for hydroxylation is 1. The van der Waals surface area contributed by atoms with Gasteiger partial charge in [-0.25, -0.2) is 4.52 Å². The zero-order valence-corrected chi connectivity index (χ0v) is 17.4. The molecule has 8 heteroatoms. The molecule has 0 spiro atoms. The number of amides is 1. The molecule has 30 heavy (non-hydrogen) atoms. The number of aromatic nitrogens is 5. The zero-order valence-electron chi connectivity index (χ0n) is 16.7. The van der Waals surface area contributed by atoms with Crippen LogP contribution in [-0.4, -0.2) is 48.1 Å². The second kappa shape index (κ2) is 8.07. The van der Waals surface area contributed by atoms with Crippen LogP contribution in [0.1, 0.15) is 37.9 Å². The summed E-state index contributed by atoms with van der Waals surface area (Å²) in [6.45, 7) is 1.76. The Morgan fingerprint density at radius 1 is 1.00 bits per heavy atom. The van der Waals surface area contributed by atoms with Crippen molar-refractivity contribution in [1.29, 1.82) is 0 Å². The van der Waals surface area contributed by atoms with Gasteiger partial charge in [-0.3, -0.25) is 9.20 Å². The zero-order chi connectivity index (χ0) is 20.5. The lowest BCUT2D eigenvalue weighted by Gasteiger charge is -2.19. The Morgan fingerprint density at radius 3 is 2.53 bits per heavy atom. The highest BCUT2D eigenvalue weighted by Crippen LogP contribution is 2.23. The van der Waals surface area contributed by atoms with Crippen LogP contribution in [0.4, 0.5) is 0 Å². The Hall–Kier alpha value is -2.93. The molecular formula is C22H23ClN6O. The molecule has 1 fully saturated rings. The second-order valence-electron chi connectivity index (χ2n) is 7.77. The number of benzene rings is 1. The van der Waals surface area contributed by atoms with Crippen LogP contribution in [0.3, 0.4) is 0 Å². The Morgan fingerprint density at radius 2 is 1.77 bits per heavy atom. The maximum absolute atomic E-state index is 12.6. The van der Waals surface area contributed by atoms with Gasteiger partial charge in [0.1, 0.15) is 11.3 Å². The van der Waals surface area contributed by atoms with E-state index in [0.717, 1.165) is 54.2 Å². The average Bonchev–Trinajstić information content (AvgIpc) is 3.27. The summed E-state index contributed by atoms with van der Waals surface area (Å²) in [5.41, 5.74) is 3.45. The lowest BCUT2D eigenvalue weighted by Crippen LogP contribution is -2.32. The topological polar surface area (TPSA) is 67.8 Å². The van der Waals surface area contributed by atoms with E-state index >= 15 is 0 Å². The van der Waals surface area contributed by atoms with Crippen molar-refractivity contribution >= 4 is 28.7 Å². The van der Waals surface area contributed by atoms with Gasteiger partial charge in [0.2, 0.25) is 5.91 Å². The number of rotatable bonds is 4. The van der Waals surface area contributed by atoms with Gasteiger partial charge in [-0.15, -0.1) is 10.2 Å². The van der Waals surface area contributed by atoms with Gasteiger partial charge < -0.3 is 4.90 Å². The molecule has 0 aliphatic carbocycles. The van der Waals surface area contributed by atoms with E-state index < -0.39 is 0 Å². The van der Waals surface area contributed by atoms with Crippen LogP contribution in [0.5, 0.6) is 0 Å². The molecule has 4 aromatic rings. The van der Waals surface area contributed by atoms with Crippen LogP contribution in [0.2, 0.25) is 5.02 Å². The van der Waals surface area contributed by atoms with Crippen molar-refractivity contribution in [3.63, 3.8) is 0 Å². The van der Waals surface area contributed by atoms with E-state index in [4.69, 9.17) is 11.6 Å². The molecule has 154 valence electrons. The van der Waals surface area contributed by atoms with E-state index in [9.17, 15) is 4.79 Å². The minimum Gasteiger partial charge on any atom is -0.343 e. The number of carbonyl (C=O) groups is 1. The van der Waals surface area contributed by atoms with Gasteiger partial charge in [0.25, 0.3) is 0 Å². The molecule has 7 nitrogen and oxygen atoms in total. The third-order valence-corrected chi connectivity index (χ3v) is 6.00. The summed E-state index contributed by atoms with van der Waals surface area (Å²) in [5.74, 6) is 1.01. The molecule has 3 aromatic heterocycles. The first-order chi connectivity index (χ1) is 14.7. The summed E-state index contributed by atoms with van der Waals surface area (Å²) in [6, 6.07) is 9.61. The molecule has 1 amide bonds. The van der Waals surface area contributed by atoms with Crippen LogP contribution in [0.15, 0.2) is 42.7 Å². The maximum Gasteiger partial charge on any atom is 0.223 e. The minimum absolute atomic E-state index is 0.212. The van der Waals surface area contributed by atoms with Crippen molar-refractivity contribution in [2.24, 2.45) is 0 Å².